The van der Waals surface area contributed by atoms with Gasteiger partial charge in [-0.1, -0.05) is 6.92 Å². The lowest BCUT2D eigenvalue weighted by Crippen LogP contribution is -2.43. The number of rotatable bonds is 4. The van der Waals surface area contributed by atoms with Gasteiger partial charge in [0, 0.05) is 29.4 Å². The van der Waals surface area contributed by atoms with Crippen LogP contribution >= 0.6 is 0 Å². The molecule has 0 aromatic heterocycles. The largest absolute Gasteiger partial charge is 0.327 e. The Labute approximate surface area is 87.5 Å². The normalized spacial score (nSPS) is 29.6. The second-order valence-electron chi connectivity index (χ2n) is 3.87. The summed E-state index contributed by atoms with van der Waals surface area (Å²) in [6.45, 7) is 5.08. The Morgan fingerprint density at radius 1 is 1.64 bits per heavy atom. The molecule has 4 nitrogen and oxygen atoms in total. The molecule has 1 saturated heterocycles. The maximum absolute atomic E-state index is 11.8. The maximum atomic E-state index is 11.8. The van der Waals surface area contributed by atoms with Gasteiger partial charge in [0.15, 0.2) is 0 Å². The molecule has 2 atom stereocenters. The summed E-state index contributed by atoms with van der Waals surface area (Å²) in [7, 11) is -0.825. The summed E-state index contributed by atoms with van der Waals surface area (Å²) in [5, 5.41) is 3.18. The molecule has 0 radical (unpaired) electrons. The summed E-state index contributed by atoms with van der Waals surface area (Å²) in [5.41, 5.74) is -0.408. The van der Waals surface area contributed by atoms with E-state index in [1.54, 1.807) is 11.2 Å². The van der Waals surface area contributed by atoms with Gasteiger partial charge < -0.3 is 4.90 Å². The minimum Gasteiger partial charge on any atom is -0.327 e. The molecule has 1 N–H and O–H groups in total. The van der Waals surface area contributed by atoms with Gasteiger partial charge in [-0.15, -0.1) is 0 Å². The Balaban J connectivity index is 2.52. The van der Waals surface area contributed by atoms with Gasteiger partial charge in [-0.2, -0.15) is 0 Å². The van der Waals surface area contributed by atoms with Crippen molar-refractivity contribution in [2.75, 3.05) is 25.2 Å². The van der Waals surface area contributed by atoms with Crippen LogP contribution in [-0.2, 0) is 15.6 Å². The topological polar surface area (TPSA) is 49.4 Å². The first kappa shape index (κ1) is 11.7. The van der Waals surface area contributed by atoms with Crippen LogP contribution in [-0.4, -0.2) is 45.8 Å². The number of hydrogen-bond donors (Lipinski definition) is 1. The van der Waals surface area contributed by atoms with Crippen LogP contribution in [0.5, 0.6) is 0 Å². The van der Waals surface area contributed by atoms with E-state index in [1.807, 2.05) is 13.8 Å². The van der Waals surface area contributed by atoms with E-state index in [0.29, 0.717) is 19.0 Å². The molecule has 1 fully saturated rings. The van der Waals surface area contributed by atoms with E-state index < -0.39 is 16.3 Å². The van der Waals surface area contributed by atoms with Gasteiger partial charge in [0.05, 0.1) is 12.2 Å². The van der Waals surface area contributed by atoms with Gasteiger partial charge >= 0.3 is 0 Å². The molecule has 82 valence electrons. The van der Waals surface area contributed by atoms with E-state index in [0.717, 1.165) is 6.42 Å². The van der Waals surface area contributed by atoms with Crippen molar-refractivity contribution in [2.24, 2.45) is 0 Å². The molecule has 0 aromatic carbocycles. The third-order valence-electron chi connectivity index (χ3n) is 2.78. The van der Waals surface area contributed by atoms with Crippen molar-refractivity contribution in [3.8, 4) is 0 Å². The minimum atomic E-state index is -0.825. The smallest absolute Gasteiger partial charge is 0.243 e. The zero-order valence-corrected chi connectivity index (χ0v) is 9.82. The van der Waals surface area contributed by atoms with E-state index in [-0.39, 0.29) is 5.91 Å². The van der Waals surface area contributed by atoms with Crippen molar-refractivity contribution in [2.45, 2.75) is 25.8 Å². The molecule has 1 aliphatic heterocycles. The lowest BCUT2D eigenvalue weighted by atomic mass is 10.00. The summed E-state index contributed by atoms with van der Waals surface area (Å²) in [6.07, 6.45) is 2.45. The van der Waals surface area contributed by atoms with Crippen molar-refractivity contribution >= 4 is 16.7 Å². The Morgan fingerprint density at radius 3 is 2.71 bits per heavy atom. The van der Waals surface area contributed by atoms with Gasteiger partial charge in [-0.25, -0.2) is 0 Å². The van der Waals surface area contributed by atoms with Gasteiger partial charge in [-0.05, 0) is 13.3 Å². The lowest BCUT2D eigenvalue weighted by molar-refractivity contribution is -0.131. The summed E-state index contributed by atoms with van der Waals surface area (Å²) >= 11 is 0. The Hall–Kier alpha value is -0.420. The van der Waals surface area contributed by atoms with Crippen molar-refractivity contribution in [3.63, 3.8) is 0 Å². The van der Waals surface area contributed by atoms with Gasteiger partial charge in [0.2, 0.25) is 5.91 Å². The fraction of sp³-hybridized carbons (Fsp3) is 0.889. The average Bonchev–Trinajstić information content (AvgIpc) is 2.42. The van der Waals surface area contributed by atoms with Crippen molar-refractivity contribution in [3.05, 3.63) is 0 Å². The Bertz CT molecular complexity index is 257. The molecule has 0 bridgehead atoms. The lowest BCUT2D eigenvalue weighted by Gasteiger charge is -2.20. The number of carbonyl (C=O) groups excluding carboxylic acids is 1. The molecule has 14 heavy (non-hydrogen) atoms. The predicted molar refractivity (Wildman–Crippen MR) is 57.3 cm³/mol. The van der Waals surface area contributed by atoms with Crippen LogP contribution < -0.4 is 5.32 Å². The van der Waals surface area contributed by atoms with E-state index in [1.165, 1.54) is 0 Å². The Kier molecular flexibility index (Phi) is 3.66. The molecule has 1 heterocycles. The number of carbonyl (C=O) groups is 1. The molecule has 1 rings (SSSR count). The van der Waals surface area contributed by atoms with Crippen molar-refractivity contribution < 1.29 is 9.00 Å². The number of amides is 1. The van der Waals surface area contributed by atoms with Crippen LogP contribution in [0.15, 0.2) is 0 Å². The van der Waals surface area contributed by atoms with Crippen molar-refractivity contribution in [1.29, 1.82) is 0 Å². The number of hydrogen-bond acceptors (Lipinski definition) is 3. The summed E-state index contributed by atoms with van der Waals surface area (Å²) in [5.74, 6) is 0.693. The highest BCUT2D eigenvalue weighted by atomic mass is 32.2. The molecule has 5 heteroatoms. The first-order chi connectivity index (χ1) is 6.49. The highest BCUT2D eigenvalue weighted by molar-refractivity contribution is 7.84. The zero-order chi connectivity index (χ0) is 10.8. The van der Waals surface area contributed by atoms with E-state index in [9.17, 15) is 9.00 Å². The Morgan fingerprint density at radius 2 is 2.29 bits per heavy atom. The van der Waals surface area contributed by atoms with Gasteiger partial charge in [-0.3, -0.25) is 14.3 Å². The summed E-state index contributed by atoms with van der Waals surface area (Å²) in [4.78, 5) is 13.6. The molecular formula is C9H18N2O2S. The maximum Gasteiger partial charge on any atom is 0.243 e. The van der Waals surface area contributed by atoms with E-state index >= 15 is 0 Å². The molecule has 0 spiro atoms. The van der Waals surface area contributed by atoms with Crippen molar-refractivity contribution in [1.82, 2.24) is 10.2 Å². The fourth-order valence-corrected chi connectivity index (χ4v) is 1.94. The number of nitrogens with one attached hydrogen (secondary N) is 1. The zero-order valence-electron chi connectivity index (χ0n) is 9.00. The van der Waals surface area contributed by atoms with Crippen LogP contribution in [0.4, 0.5) is 0 Å². The molecule has 0 aromatic rings. The molecule has 2 unspecified atom stereocenters. The monoisotopic (exact) mass is 218 g/mol. The van der Waals surface area contributed by atoms with Crippen LogP contribution in [0.3, 0.4) is 0 Å². The van der Waals surface area contributed by atoms with Crippen LogP contribution in [0, 0.1) is 0 Å². The molecule has 0 saturated carbocycles. The third kappa shape index (κ3) is 2.33. The standard InChI is InChI=1S/C9H18N2O2S/c1-4-9(2)8(12)11(7-10-9)5-6-14(3)13/h10H,4-7H2,1-3H3. The highest BCUT2D eigenvalue weighted by Gasteiger charge is 2.40. The van der Waals surface area contributed by atoms with Gasteiger partial charge in [0.25, 0.3) is 0 Å². The fourth-order valence-electron chi connectivity index (χ4n) is 1.46. The second-order valence-corrected chi connectivity index (χ2v) is 5.42. The van der Waals surface area contributed by atoms with Crippen LogP contribution in [0.25, 0.3) is 0 Å². The quantitative estimate of drug-likeness (QED) is 0.718. The van der Waals surface area contributed by atoms with Crippen LogP contribution in [0.1, 0.15) is 20.3 Å². The molecule has 1 aliphatic rings. The van der Waals surface area contributed by atoms with Gasteiger partial charge in [0.1, 0.15) is 0 Å². The minimum absolute atomic E-state index is 0.130. The molecule has 0 aliphatic carbocycles. The second kappa shape index (κ2) is 4.40. The first-order valence-corrected chi connectivity index (χ1v) is 6.57. The predicted octanol–water partition coefficient (Wildman–Crippen LogP) is -0.0771. The third-order valence-corrected chi connectivity index (χ3v) is 3.53. The van der Waals surface area contributed by atoms with E-state index in [4.69, 9.17) is 0 Å². The SMILES string of the molecule is CCC1(C)NCN(CCS(C)=O)C1=O. The average molecular weight is 218 g/mol. The molecular weight excluding hydrogens is 200 g/mol. The van der Waals surface area contributed by atoms with E-state index in [2.05, 4.69) is 5.32 Å². The highest BCUT2D eigenvalue weighted by Crippen LogP contribution is 2.18. The number of nitrogens with zero attached hydrogens (tertiary/aromatic N) is 1. The summed E-state index contributed by atoms with van der Waals surface area (Å²) in [6, 6.07) is 0. The van der Waals surface area contributed by atoms with Crippen LogP contribution in [0.2, 0.25) is 0 Å². The summed E-state index contributed by atoms with van der Waals surface area (Å²) < 4.78 is 10.9. The molecule has 1 amide bonds. The first-order valence-electron chi connectivity index (χ1n) is 4.84.